The molecule has 3 nitrogen and oxygen atoms in total. The molecular weight excluding hydrogens is 250 g/mol. The Morgan fingerprint density at radius 3 is 2.85 bits per heavy atom. The van der Waals surface area contributed by atoms with E-state index in [2.05, 4.69) is 12.2 Å². The van der Waals surface area contributed by atoms with E-state index in [1.54, 1.807) is 6.07 Å². The second kappa shape index (κ2) is 4.47. The molecule has 1 aromatic carbocycles. The molecule has 4 rings (SSSR count). The Kier molecular flexibility index (Phi) is 2.83. The fraction of sp³-hybridized carbons (Fsp3) is 0.647. The molecule has 3 aliphatic rings. The molecule has 1 saturated heterocycles. The van der Waals surface area contributed by atoms with Crippen molar-refractivity contribution in [3.05, 3.63) is 29.8 Å². The van der Waals surface area contributed by atoms with Crippen LogP contribution >= 0.6 is 0 Å². The molecule has 0 aromatic heterocycles. The lowest BCUT2D eigenvalue weighted by Gasteiger charge is -2.64. The van der Waals surface area contributed by atoms with Crippen LogP contribution in [0.4, 0.5) is 0 Å². The van der Waals surface area contributed by atoms with E-state index in [0.717, 1.165) is 12.2 Å². The smallest absolute Gasteiger partial charge is 0.120 e. The molecule has 0 amide bonds. The molecule has 0 radical (unpaired) electrons. The summed E-state index contributed by atoms with van der Waals surface area (Å²) in [5.74, 6) is 1.08. The van der Waals surface area contributed by atoms with Crippen molar-refractivity contribution in [3.63, 3.8) is 0 Å². The maximum atomic E-state index is 10.0. The summed E-state index contributed by atoms with van der Waals surface area (Å²) in [7, 11) is 0. The van der Waals surface area contributed by atoms with E-state index >= 15 is 0 Å². The topological polar surface area (TPSA) is 41.5 Å². The van der Waals surface area contributed by atoms with Crippen LogP contribution in [-0.2, 0) is 4.74 Å². The van der Waals surface area contributed by atoms with Gasteiger partial charge in [-0.25, -0.2) is 0 Å². The van der Waals surface area contributed by atoms with Crippen molar-refractivity contribution in [2.45, 2.75) is 50.8 Å². The van der Waals surface area contributed by atoms with Crippen molar-refractivity contribution in [1.29, 1.82) is 0 Å². The molecule has 108 valence electrons. The van der Waals surface area contributed by atoms with E-state index < -0.39 is 0 Å². The number of nitrogens with one attached hydrogen (secondary N) is 1. The van der Waals surface area contributed by atoms with Crippen molar-refractivity contribution in [1.82, 2.24) is 5.32 Å². The standard InChI is InChI=1S/C17H23NO2/c1-11(12-5-2-3-6-14(12)19)18-15-13-7-10-20-16(13)17(15)8-4-9-17/h2-3,5-6,11,13,15-16,18-19H,4,7-10H2,1H3. The zero-order valence-corrected chi connectivity index (χ0v) is 12.0. The van der Waals surface area contributed by atoms with Gasteiger partial charge < -0.3 is 15.2 Å². The van der Waals surface area contributed by atoms with Crippen LogP contribution in [0.1, 0.15) is 44.2 Å². The van der Waals surface area contributed by atoms with Crippen molar-refractivity contribution < 1.29 is 9.84 Å². The van der Waals surface area contributed by atoms with E-state index in [1.165, 1.54) is 25.7 Å². The number of hydrogen-bond acceptors (Lipinski definition) is 3. The van der Waals surface area contributed by atoms with Gasteiger partial charge in [0, 0.05) is 35.6 Å². The van der Waals surface area contributed by atoms with Crippen LogP contribution in [0.3, 0.4) is 0 Å². The molecule has 1 heterocycles. The molecule has 4 atom stereocenters. The minimum atomic E-state index is 0.195. The van der Waals surface area contributed by atoms with Crippen LogP contribution in [0.5, 0.6) is 5.75 Å². The van der Waals surface area contributed by atoms with Gasteiger partial charge in [-0.05, 0) is 32.3 Å². The average Bonchev–Trinajstić information content (AvgIpc) is 2.80. The summed E-state index contributed by atoms with van der Waals surface area (Å²) in [5, 5.41) is 13.8. The molecular formula is C17H23NO2. The largest absolute Gasteiger partial charge is 0.508 e. The number of aromatic hydroxyl groups is 1. The third kappa shape index (κ3) is 1.60. The molecule has 2 aliphatic carbocycles. The number of hydrogen-bond donors (Lipinski definition) is 2. The molecule has 3 fully saturated rings. The number of phenols is 1. The van der Waals surface area contributed by atoms with Gasteiger partial charge in [-0.2, -0.15) is 0 Å². The Hall–Kier alpha value is -1.06. The fourth-order valence-corrected chi connectivity index (χ4v) is 4.71. The highest BCUT2D eigenvalue weighted by molar-refractivity contribution is 5.34. The Balaban J connectivity index is 1.52. The minimum absolute atomic E-state index is 0.195. The molecule has 3 heteroatoms. The highest BCUT2D eigenvalue weighted by atomic mass is 16.5. The second-order valence-corrected chi connectivity index (χ2v) is 6.76. The lowest BCUT2D eigenvalue weighted by atomic mass is 9.46. The molecule has 20 heavy (non-hydrogen) atoms. The van der Waals surface area contributed by atoms with Crippen LogP contribution in [-0.4, -0.2) is 23.9 Å². The highest BCUT2D eigenvalue weighted by Gasteiger charge is 2.66. The van der Waals surface area contributed by atoms with Gasteiger partial charge in [0.1, 0.15) is 5.75 Å². The first-order valence-electron chi connectivity index (χ1n) is 7.88. The normalized spacial score (nSPS) is 35.1. The predicted octanol–water partition coefficient (Wildman–Crippen LogP) is 3.00. The number of phenolic OH excluding ortho intramolecular Hbond substituents is 1. The van der Waals surface area contributed by atoms with Crippen molar-refractivity contribution >= 4 is 0 Å². The molecule has 2 saturated carbocycles. The third-order valence-electron chi connectivity index (χ3n) is 5.87. The molecule has 1 aliphatic heterocycles. The summed E-state index contributed by atoms with van der Waals surface area (Å²) < 4.78 is 5.96. The summed E-state index contributed by atoms with van der Waals surface area (Å²) in [6.07, 6.45) is 5.65. The van der Waals surface area contributed by atoms with Gasteiger partial charge in [-0.1, -0.05) is 24.6 Å². The first-order chi connectivity index (χ1) is 9.72. The van der Waals surface area contributed by atoms with Gasteiger partial charge in [0.25, 0.3) is 0 Å². The first-order valence-corrected chi connectivity index (χ1v) is 7.88. The zero-order valence-electron chi connectivity index (χ0n) is 12.0. The first kappa shape index (κ1) is 12.7. The van der Waals surface area contributed by atoms with Gasteiger partial charge in [0.15, 0.2) is 0 Å². The Morgan fingerprint density at radius 2 is 2.15 bits per heavy atom. The maximum Gasteiger partial charge on any atom is 0.120 e. The number of rotatable bonds is 3. The van der Waals surface area contributed by atoms with E-state index in [-0.39, 0.29) is 6.04 Å². The van der Waals surface area contributed by atoms with E-state index in [9.17, 15) is 5.11 Å². The Bertz CT molecular complexity index is 511. The molecule has 0 bridgehead atoms. The number of para-hydroxylation sites is 1. The predicted molar refractivity (Wildman–Crippen MR) is 77.6 cm³/mol. The number of ether oxygens (including phenoxy) is 1. The van der Waals surface area contributed by atoms with Crippen molar-refractivity contribution in [2.24, 2.45) is 11.3 Å². The monoisotopic (exact) mass is 273 g/mol. The SMILES string of the molecule is CC(NC1C2CCOC2C12CCC2)c1ccccc1O. The summed E-state index contributed by atoms with van der Waals surface area (Å²) in [5.41, 5.74) is 1.41. The highest BCUT2D eigenvalue weighted by Crippen LogP contribution is 2.63. The summed E-state index contributed by atoms with van der Waals surface area (Å²) >= 11 is 0. The van der Waals surface area contributed by atoms with Crippen LogP contribution in [0.25, 0.3) is 0 Å². The zero-order chi connectivity index (χ0) is 13.7. The van der Waals surface area contributed by atoms with Crippen LogP contribution in [0.15, 0.2) is 24.3 Å². The number of benzene rings is 1. The quantitative estimate of drug-likeness (QED) is 0.889. The van der Waals surface area contributed by atoms with Gasteiger partial charge in [0.2, 0.25) is 0 Å². The molecule has 2 N–H and O–H groups in total. The van der Waals surface area contributed by atoms with E-state index in [0.29, 0.717) is 29.2 Å². The molecule has 4 unspecified atom stereocenters. The summed E-state index contributed by atoms with van der Waals surface area (Å²) in [6, 6.07) is 8.42. The van der Waals surface area contributed by atoms with Gasteiger partial charge in [-0.15, -0.1) is 0 Å². The molecule has 1 spiro atoms. The van der Waals surface area contributed by atoms with Gasteiger partial charge in [-0.3, -0.25) is 0 Å². The maximum absolute atomic E-state index is 10.0. The van der Waals surface area contributed by atoms with Gasteiger partial charge in [0.05, 0.1) is 6.10 Å². The average molecular weight is 273 g/mol. The third-order valence-corrected chi connectivity index (χ3v) is 5.87. The minimum Gasteiger partial charge on any atom is -0.508 e. The van der Waals surface area contributed by atoms with Crippen LogP contribution in [0.2, 0.25) is 0 Å². The van der Waals surface area contributed by atoms with Gasteiger partial charge >= 0.3 is 0 Å². The van der Waals surface area contributed by atoms with Crippen LogP contribution < -0.4 is 5.32 Å². The summed E-state index contributed by atoms with van der Waals surface area (Å²) in [6.45, 7) is 3.09. The second-order valence-electron chi connectivity index (χ2n) is 6.76. The van der Waals surface area contributed by atoms with E-state index in [4.69, 9.17) is 4.74 Å². The van der Waals surface area contributed by atoms with Crippen molar-refractivity contribution in [2.75, 3.05) is 6.61 Å². The Morgan fingerprint density at radius 1 is 1.35 bits per heavy atom. The molecule has 1 aromatic rings. The fourth-order valence-electron chi connectivity index (χ4n) is 4.71. The number of fused-ring (bicyclic) bond motifs is 2. The lowest BCUT2D eigenvalue weighted by Crippen LogP contribution is -2.71. The Labute approximate surface area is 120 Å². The van der Waals surface area contributed by atoms with Crippen LogP contribution in [0, 0.1) is 11.3 Å². The summed E-state index contributed by atoms with van der Waals surface area (Å²) in [4.78, 5) is 0. The van der Waals surface area contributed by atoms with E-state index in [1.807, 2.05) is 18.2 Å². The lowest BCUT2D eigenvalue weighted by molar-refractivity contribution is -0.178. The van der Waals surface area contributed by atoms with Crippen molar-refractivity contribution in [3.8, 4) is 5.75 Å².